The van der Waals surface area contributed by atoms with Crippen LogP contribution in [0.25, 0.3) is 0 Å². The van der Waals surface area contributed by atoms with Crippen molar-refractivity contribution in [3.63, 3.8) is 0 Å². The summed E-state index contributed by atoms with van der Waals surface area (Å²) in [5.41, 5.74) is 0.189. The van der Waals surface area contributed by atoms with Gasteiger partial charge in [-0.2, -0.15) is 9.28 Å². The van der Waals surface area contributed by atoms with E-state index in [1.165, 1.54) is 7.11 Å². The van der Waals surface area contributed by atoms with Gasteiger partial charge in [0.25, 0.3) is 0 Å². The first kappa shape index (κ1) is 15.2. The van der Waals surface area contributed by atoms with Crippen molar-refractivity contribution in [3.05, 3.63) is 27.8 Å². The zero-order chi connectivity index (χ0) is 15.8. The maximum atomic E-state index is 12.4. The van der Waals surface area contributed by atoms with Gasteiger partial charge in [-0.05, 0) is 25.5 Å². The molecule has 1 saturated heterocycles. The lowest BCUT2D eigenvalue weighted by molar-refractivity contribution is -0.385. The lowest BCUT2D eigenvalue weighted by atomic mass is 10.1. The van der Waals surface area contributed by atoms with Gasteiger partial charge < -0.3 is 9.84 Å². The highest BCUT2D eigenvalue weighted by atomic mass is 16.6. The summed E-state index contributed by atoms with van der Waals surface area (Å²) in [6, 6.07) is 3.00. The Balaban J connectivity index is 2.76. The van der Waals surface area contributed by atoms with Crippen LogP contribution < -0.4 is 4.48 Å². The quantitative estimate of drug-likeness (QED) is 0.514. The third-order valence-corrected chi connectivity index (χ3v) is 4.33. The molecule has 1 aromatic rings. The van der Waals surface area contributed by atoms with Gasteiger partial charge in [-0.1, -0.05) is 0 Å². The molecule has 0 radical (unpaired) electrons. The molecule has 1 unspecified atom stereocenters. The first-order chi connectivity index (χ1) is 9.86. The van der Waals surface area contributed by atoms with E-state index in [1.54, 1.807) is 19.1 Å². The maximum absolute atomic E-state index is 12.4. The van der Waals surface area contributed by atoms with E-state index in [4.69, 9.17) is 4.74 Å². The molecular weight excluding hydrogens is 276 g/mol. The van der Waals surface area contributed by atoms with Crippen molar-refractivity contribution < 1.29 is 19.6 Å². The van der Waals surface area contributed by atoms with Crippen molar-refractivity contribution >= 4 is 17.5 Å². The topological polar surface area (TPSA) is 89.7 Å². The largest absolute Gasteiger partial charge is 0.521 e. The zero-order valence-electron chi connectivity index (χ0n) is 12.3. The number of nitro benzene ring substituents is 1. The number of likely N-dealkylation sites (tertiary alicyclic amines) is 1. The van der Waals surface area contributed by atoms with Gasteiger partial charge in [-0.3, -0.25) is 10.1 Å². The number of amides is 1. The van der Waals surface area contributed by atoms with Crippen LogP contribution in [-0.4, -0.2) is 35.8 Å². The van der Waals surface area contributed by atoms with Gasteiger partial charge in [0.2, 0.25) is 11.4 Å². The van der Waals surface area contributed by atoms with Crippen LogP contribution in [0.4, 0.5) is 16.2 Å². The fraction of sp³-hybridized carbons (Fsp3) is 0.500. The van der Waals surface area contributed by atoms with E-state index in [0.717, 1.165) is 12.8 Å². The fourth-order valence-electron chi connectivity index (χ4n) is 3.14. The normalized spacial score (nSPS) is 24.8. The van der Waals surface area contributed by atoms with Gasteiger partial charge in [0.1, 0.15) is 6.04 Å². The minimum absolute atomic E-state index is 0.141. The number of rotatable bonds is 2. The lowest BCUT2D eigenvalue weighted by Gasteiger charge is -2.32. The highest BCUT2D eigenvalue weighted by Crippen LogP contribution is 2.46. The van der Waals surface area contributed by atoms with Crippen molar-refractivity contribution in [3.8, 4) is 5.75 Å². The molecule has 0 aromatic heterocycles. The molecule has 2 rings (SSSR count). The van der Waals surface area contributed by atoms with Crippen molar-refractivity contribution in [2.45, 2.75) is 32.7 Å². The Morgan fingerprint density at radius 3 is 2.67 bits per heavy atom. The maximum Gasteiger partial charge on any atom is 0.521 e. The summed E-state index contributed by atoms with van der Waals surface area (Å²) < 4.78 is 4.65. The molecule has 7 nitrogen and oxygen atoms in total. The smallest absolute Gasteiger partial charge is 0.502 e. The van der Waals surface area contributed by atoms with E-state index in [9.17, 15) is 20.0 Å². The Labute approximate surface area is 122 Å². The minimum atomic E-state index is -0.633. The molecule has 0 aliphatic carbocycles. The first-order valence-electron chi connectivity index (χ1n) is 6.80. The van der Waals surface area contributed by atoms with Crippen LogP contribution in [0.5, 0.6) is 5.75 Å². The number of nitrogens with zero attached hydrogens (tertiary/aromatic N) is 2. The Kier molecular flexibility index (Phi) is 3.87. The molecule has 7 heteroatoms. The number of phenolic OH excluding ortho intramolecular Hbond substituents is 1. The van der Waals surface area contributed by atoms with Crippen molar-refractivity contribution in [1.29, 1.82) is 0 Å². The summed E-state index contributed by atoms with van der Waals surface area (Å²) in [5, 5.41) is 21.5. The number of aryl methyl sites for hydroxylation is 1. The number of benzene rings is 1. The molecule has 1 amide bonds. The molecule has 1 heterocycles. The minimum Gasteiger partial charge on any atom is -0.502 e. The number of hydrogen-bond donors (Lipinski definition) is 1. The van der Waals surface area contributed by atoms with Gasteiger partial charge >= 0.3 is 11.8 Å². The van der Waals surface area contributed by atoms with Crippen molar-refractivity contribution in [2.75, 3.05) is 13.7 Å². The van der Waals surface area contributed by atoms with Crippen LogP contribution in [0.2, 0.25) is 0 Å². The Morgan fingerprint density at radius 2 is 2.19 bits per heavy atom. The molecule has 1 aromatic carbocycles. The molecule has 1 aliphatic rings. The van der Waals surface area contributed by atoms with Crippen molar-refractivity contribution in [2.24, 2.45) is 0 Å². The summed E-state index contributed by atoms with van der Waals surface area (Å²) in [5.74, 6) is -0.391. The third-order valence-electron chi connectivity index (χ3n) is 4.33. The van der Waals surface area contributed by atoms with Crippen LogP contribution in [0, 0.1) is 17.0 Å². The van der Waals surface area contributed by atoms with Crippen LogP contribution in [0.15, 0.2) is 12.1 Å². The third kappa shape index (κ3) is 2.13. The second kappa shape index (κ2) is 5.33. The molecule has 0 spiro atoms. The molecular formula is C14H19N2O5+. The SMILES string of the molecule is COC(=O)[N+]1(c2ccc(C)c(O)c2[N+](=O)[O-])CCC[C@H]1C. The summed E-state index contributed by atoms with van der Waals surface area (Å²) >= 11 is 0. The second-order valence-electron chi connectivity index (χ2n) is 5.41. The predicted octanol–water partition coefficient (Wildman–Crippen LogP) is 2.86. The van der Waals surface area contributed by atoms with Crippen LogP contribution >= 0.6 is 0 Å². The van der Waals surface area contributed by atoms with E-state index < -0.39 is 22.5 Å². The molecule has 1 fully saturated rings. The van der Waals surface area contributed by atoms with Gasteiger partial charge in [-0.25, -0.2) is 0 Å². The van der Waals surface area contributed by atoms with Gasteiger partial charge in [0, 0.05) is 18.9 Å². The highest BCUT2D eigenvalue weighted by Gasteiger charge is 2.53. The molecule has 0 saturated carbocycles. The molecule has 0 bridgehead atoms. The van der Waals surface area contributed by atoms with Crippen LogP contribution in [0.1, 0.15) is 25.3 Å². The molecule has 2 atom stereocenters. The summed E-state index contributed by atoms with van der Waals surface area (Å²) in [7, 11) is 1.27. The Morgan fingerprint density at radius 1 is 1.52 bits per heavy atom. The Hall–Kier alpha value is -2.15. The van der Waals surface area contributed by atoms with E-state index in [0.29, 0.717) is 12.1 Å². The van der Waals surface area contributed by atoms with Gasteiger partial charge in [0.15, 0.2) is 0 Å². The number of methoxy groups -OCH3 is 1. The van der Waals surface area contributed by atoms with Crippen LogP contribution in [0.3, 0.4) is 0 Å². The Bertz CT molecular complexity index is 601. The number of quaternary nitrogens is 1. The van der Waals surface area contributed by atoms with E-state index in [-0.39, 0.29) is 16.2 Å². The van der Waals surface area contributed by atoms with Crippen LogP contribution in [-0.2, 0) is 4.74 Å². The molecule has 1 N–H and O–H groups in total. The number of ether oxygens (including phenoxy) is 1. The standard InChI is InChI=1S/C14H18N2O5/c1-9-6-7-11(12(13(9)17)15(19)20)16(14(18)21-3)8-4-5-10(16)2/h6-7,10H,4-5,8H2,1-3H3/p+1/t10-,16?/m1/s1. The van der Waals surface area contributed by atoms with Gasteiger partial charge in [0.05, 0.1) is 18.6 Å². The average Bonchev–Trinajstić information content (AvgIpc) is 2.83. The predicted molar refractivity (Wildman–Crippen MR) is 77.3 cm³/mol. The number of carbonyl (C=O) groups is 1. The summed E-state index contributed by atoms with van der Waals surface area (Å²) in [6.07, 6.45) is 0.995. The number of phenols is 1. The number of carbonyl (C=O) groups excluding carboxylic acids is 1. The van der Waals surface area contributed by atoms with E-state index in [2.05, 4.69) is 0 Å². The number of nitro groups is 1. The number of aromatic hydroxyl groups is 1. The number of hydrogen-bond acceptors (Lipinski definition) is 5. The fourth-order valence-corrected chi connectivity index (χ4v) is 3.14. The zero-order valence-corrected chi connectivity index (χ0v) is 12.3. The molecule has 21 heavy (non-hydrogen) atoms. The average molecular weight is 295 g/mol. The van der Waals surface area contributed by atoms with E-state index in [1.807, 2.05) is 6.92 Å². The first-order valence-corrected chi connectivity index (χ1v) is 6.80. The van der Waals surface area contributed by atoms with E-state index >= 15 is 0 Å². The highest BCUT2D eigenvalue weighted by molar-refractivity contribution is 5.88. The summed E-state index contributed by atoms with van der Waals surface area (Å²) in [6.45, 7) is 3.88. The molecule has 1 aliphatic heterocycles. The molecule has 114 valence electrons. The lowest BCUT2D eigenvalue weighted by Crippen LogP contribution is -2.56. The second-order valence-corrected chi connectivity index (χ2v) is 5.41. The summed E-state index contributed by atoms with van der Waals surface area (Å²) in [4.78, 5) is 23.1. The monoisotopic (exact) mass is 295 g/mol. The van der Waals surface area contributed by atoms with Crippen molar-refractivity contribution in [1.82, 2.24) is 4.48 Å². The van der Waals surface area contributed by atoms with Gasteiger partial charge in [-0.15, -0.1) is 0 Å².